The lowest BCUT2D eigenvalue weighted by Crippen LogP contribution is -1.95. The van der Waals surface area contributed by atoms with Crippen molar-refractivity contribution in [2.75, 3.05) is 0 Å². The number of nitrogens with zero attached hydrogens (tertiary/aromatic N) is 4. The Morgan fingerprint density at radius 3 is 1.37 bits per heavy atom. The van der Waals surface area contributed by atoms with E-state index in [1.165, 1.54) is 0 Å². The van der Waals surface area contributed by atoms with Crippen molar-refractivity contribution in [2.24, 2.45) is 0 Å². The highest BCUT2D eigenvalue weighted by Crippen LogP contribution is 2.34. The first-order chi connectivity index (χ1) is 22.8. The zero-order chi connectivity index (χ0) is 30.5. The van der Waals surface area contributed by atoms with Crippen LogP contribution in [0.25, 0.3) is 88.6 Å². The van der Waals surface area contributed by atoms with Crippen molar-refractivity contribution in [2.45, 2.75) is 0 Å². The Hall–Kier alpha value is -6.26. The van der Waals surface area contributed by atoms with Gasteiger partial charge in [0.25, 0.3) is 0 Å². The third-order valence-electron chi connectivity index (χ3n) is 8.62. The summed E-state index contributed by atoms with van der Waals surface area (Å²) in [6.07, 6.45) is 0. The van der Waals surface area contributed by atoms with Gasteiger partial charge >= 0.3 is 0 Å². The largest absolute Gasteiger partial charge is 0.245 e. The van der Waals surface area contributed by atoms with E-state index in [0.29, 0.717) is 0 Å². The fraction of sp³-hybridized carbons (Fsp3) is 0. The normalized spacial score (nSPS) is 11.5. The van der Waals surface area contributed by atoms with Crippen LogP contribution >= 0.6 is 0 Å². The highest BCUT2D eigenvalue weighted by Gasteiger charge is 2.15. The molecule has 3 heterocycles. The molecule has 9 aromatic rings. The van der Waals surface area contributed by atoms with Crippen LogP contribution in [-0.2, 0) is 0 Å². The van der Waals surface area contributed by atoms with Crippen LogP contribution in [0.5, 0.6) is 0 Å². The maximum atomic E-state index is 5.20. The van der Waals surface area contributed by atoms with E-state index in [1.54, 1.807) is 0 Å². The summed E-state index contributed by atoms with van der Waals surface area (Å²) in [5.41, 5.74) is 11.4. The molecule has 0 radical (unpaired) electrons. The molecule has 0 spiro atoms. The van der Waals surface area contributed by atoms with Crippen molar-refractivity contribution in [1.82, 2.24) is 19.9 Å². The van der Waals surface area contributed by atoms with E-state index in [2.05, 4.69) is 97.1 Å². The van der Waals surface area contributed by atoms with Gasteiger partial charge in [0.1, 0.15) is 0 Å². The van der Waals surface area contributed by atoms with Gasteiger partial charge in [-0.1, -0.05) is 121 Å². The minimum absolute atomic E-state index is 0.868. The molecular weight excluding hydrogens is 560 g/mol. The van der Waals surface area contributed by atoms with Gasteiger partial charge in [0.15, 0.2) is 0 Å². The summed E-state index contributed by atoms with van der Waals surface area (Å²) in [5.74, 6) is 0. The second kappa shape index (κ2) is 10.7. The van der Waals surface area contributed by atoms with Gasteiger partial charge in [-0.2, -0.15) is 0 Å². The Balaban J connectivity index is 1.18. The van der Waals surface area contributed by atoms with Gasteiger partial charge < -0.3 is 0 Å². The van der Waals surface area contributed by atoms with Gasteiger partial charge in [0.2, 0.25) is 0 Å². The number of fused-ring (bicyclic) bond motifs is 5. The molecule has 0 bridgehead atoms. The first kappa shape index (κ1) is 26.2. The van der Waals surface area contributed by atoms with Crippen LogP contribution in [0.15, 0.2) is 158 Å². The van der Waals surface area contributed by atoms with Crippen LogP contribution < -0.4 is 0 Å². The smallest absolute Gasteiger partial charge is 0.0973 e. The predicted molar refractivity (Wildman–Crippen MR) is 189 cm³/mol. The van der Waals surface area contributed by atoms with Crippen molar-refractivity contribution in [1.29, 1.82) is 0 Å². The van der Waals surface area contributed by atoms with E-state index in [9.17, 15) is 0 Å². The van der Waals surface area contributed by atoms with Crippen LogP contribution in [0.1, 0.15) is 0 Å². The first-order valence-corrected chi connectivity index (χ1v) is 15.4. The summed E-state index contributed by atoms with van der Waals surface area (Å²) in [4.78, 5) is 20.5. The molecule has 6 aromatic carbocycles. The predicted octanol–water partition coefficient (Wildman–Crippen LogP) is 10.5. The lowest BCUT2D eigenvalue weighted by Gasteiger charge is -2.12. The molecule has 0 aliphatic heterocycles. The molecule has 0 amide bonds. The first-order valence-electron chi connectivity index (χ1n) is 15.4. The standard InChI is InChI=1S/C42H26N4/c1-3-9-28(10-4-1)35-23-21-30-17-18-31-22-24-36(44-41(31)40(30)43-35)32-19-15-27-16-20-33(26-34(27)25-32)42-39(29-11-5-2-6-12-29)45-37-13-7-8-14-38(37)46-42/h1-26H. The third-order valence-corrected chi connectivity index (χ3v) is 8.62. The third kappa shape index (κ3) is 4.56. The molecular formula is C42H26N4. The molecule has 0 unspecified atom stereocenters. The average Bonchev–Trinajstić information content (AvgIpc) is 3.14. The molecule has 214 valence electrons. The van der Waals surface area contributed by atoms with E-state index >= 15 is 0 Å². The second-order valence-corrected chi connectivity index (χ2v) is 11.5. The highest BCUT2D eigenvalue weighted by atomic mass is 14.8. The second-order valence-electron chi connectivity index (χ2n) is 11.5. The summed E-state index contributed by atoms with van der Waals surface area (Å²) >= 11 is 0. The quantitative estimate of drug-likeness (QED) is 0.193. The Morgan fingerprint density at radius 1 is 0.283 bits per heavy atom. The fourth-order valence-electron chi connectivity index (χ4n) is 6.25. The van der Waals surface area contributed by atoms with Crippen LogP contribution in [-0.4, -0.2) is 19.9 Å². The summed E-state index contributed by atoms with van der Waals surface area (Å²) in [6, 6.07) is 54.4. The van der Waals surface area contributed by atoms with E-state index in [4.69, 9.17) is 19.9 Å². The van der Waals surface area contributed by atoms with Crippen LogP contribution in [0.2, 0.25) is 0 Å². The van der Waals surface area contributed by atoms with Crippen LogP contribution in [0.3, 0.4) is 0 Å². The van der Waals surface area contributed by atoms with Crippen LogP contribution in [0, 0.1) is 0 Å². The van der Waals surface area contributed by atoms with E-state index < -0.39 is 0 Å². The summed E-state index contributed by atoms with van der Waals surface area (Å²) in [6.45, 7) is 0. The van der Waals surface area contributed by atoms with E-state index in [0.717, 1.165) is 88.6 Å². The van der Waals surface area contributed by atoms with Crippen molar-refractivity contribution in [3.05, 3.63) is 158 Å². The zero-order valence-corrected chi connectivity index (χ0v) is 24.8. The van der Waals surface area contributed by atoms with Gasteiger partial charge in [0.05, 0.1) is 44.8 Å². The van der Waals surface area contributed by atoms with Crippen molar-refractivity contribution >= 4 is 43.6 Å². The molecule has 9 rings (SSSR count). The zero-order valence-electron chi connectivity index (χ0n) is 24.8. The maximum Gasteiger partial charge on any atom is 0.0973 e. The molecule has 3 aromatic heterocycles. The summed E-state index contributed by atoms with van der Waals surface area (Å²) in [5, 5.41) is 4.42. The molecule has 4 heteroatoms. The number of para-hydroxylation sites is 2. The van der Waals surface area contributed by atoms with Gasteiger partial charge in [-0.05, 0) is 47.2 Å². The van der Waals surface area contributed by atoms with Gasteiger partial charge in [-0.25, -0.2) is 19.9 Å². The SMILES string of the molecule is c1ccc(-c2ccc3ccc4ccc(-c5ccc6ccc(-c7nc8ccccc8nc7-c7ccccc7)cc6c5)nc4c3n2)cc1. The molecule has 0 atom stereocenters. The maximum absolute atomic E-state index is 5.20. The fourth-order valence-corrected chi connectivity index (χ4v) is 6.25. The minimum Gasteiger partial charge on any atom is -0.245 e. The Labute approximate surface area is 265 Å². The Bertz CT molecular complexity index is 2580. The minimum atomic E-state index is 0.868. The summed E-state index contributed by atoms with van der Waals surface area (Å²) < 4.78 is 0. The molecule has 0 saturated carbocycles. The molecule has 0 aliphatic carbocycles. The van der Waals surface area contributed by atoms with Crippen molar-refractivity contribution in [3.63, 3.8) is 0 Å². The van der Waals surface area contributed by atoms with Gasteiger partial charge in [-0.15, -0.1) is 0 Å². The van der Waals surface area contributed by atoms with E-state index in [-0.39, 0.29) is 0 Å². The van der Waals surface area contributed by atoms with E-state index in [1.807, 2.05) is 60.7 Å². The molecule has 0 fully saturated rings. The number of rotatable bonds is 4. The number of hydrogen-bond donors (Lipinski definition) is 0. The van der Waals surface area contributed by atoms with Crippen molar-refractivity contribution < 1.29 is 0 Å². The van der Waals surface area contributed by atoms with Crippen molar-refractivity contribution in [3.8, 4) is 45.0 Å². The topological polar surface area (TPSA) is 51.6 Å². The number of aromatic nitrogens is 4. The molecule has 4 nitrogen and oxygen atoms in total. The lowest BCUT2D eigenvalue weighted by atomic mass is 9.98. The average molecular weight is 587 g/mol. The number of benzene rings is 6. The van der Waals surface area contributed by atoms with Gasteiger partial charge in [-0.3, -0.25) is 0 Å². The Kier molecular flexibility index (Phi) is 6.10. The molecule has 0 saturated heterocycles. The summed E-state index contributed by atoms with van der Waals surface area (Å²) in [7, 11) is 0. The molecule has 0 aliphatic rings. The monoisotopic (exact) mass is 586 g/mol. The highest BCUT2D eigenvalue weighted by molar-refractivity contribution is 6.04. The molecule has 0 N–H and O–H groups in total. The van der Waals surface area contributed by atoms with Gasteiger partial charge in [0, 0.05) is 33.0 Å². The Morgan fingerprint density at radius 2 is 0.739 bits per heavy atom. The molecule has 46 heavy (non-hydrogen) atoms. The number of pyridine rings is 2. The number of hydrogen-bond acceptors (Lipinski definition) is 4. The van der Waals surface area contributed by atoms with Crippen LogP contribution in [0.4, 0.5) is 0 Å². The lowest BCUT2D eigenvalue weighted by molar-refractivity contribution is 1.29.